The van der Waals surface area contributed by atoms with Gasteiger partial charge in [0.05, 0.1) is 23.8 Å². The molecule has 4 rings (SSSR count). The van der Waals surface area contributed by atoms with Crippen LogP contribution < -0.4 is 0 Å². The molecule has 2 aromatic rings. The summed E-state index contributed by atoms with van der Waals surface area (Å²) in [5.41, 5.74) is -2.12. The lowest BCUT2D eigenvalue weighted by Gasteiger charge is -2.41. The van der Waals surface area contributed by atoms with Crippen LogP contribution in [0.2, 0.25) is 0 Å². The highest BCUT2D eigenvalue weighted by molar-refractivity contribution is 5.80. The summed E-state index contributed by atoms with van der Waals surface area (Å²) < 4.78 is 85.7. The third kappa shape index (κ3) is 7.12. The van der Waals surface area contributed by atoms with Gasteiger partial charge < -0.3 is 14.5 Å². The van der Waals surface area contributed by atoms with Crippen LogP contribution in [0, 0.1) is 5.92 Å². The van der Waals surface area contributed by atoms with Gasteiger partial charge in [-0.15, -0.1) is 0 Å². The van der Waals surface area contributed by atoms with E-state index in [-0.39, 0.29) is 35.3 Å². The lowest BCUT2D eigenvalue weighted by atomic mass is 9.86. The molecule has 2 aromatic carbocycles. The van der Waals surface area contributed by atoms with Crippen molar-refractivity contribution in [3.63, 3.8) is 0 Å². The molecule has 2 atom stereocenters. The van der Waals surface area contributed by atoms with Crippen molar-refractivity contribution in [1.29, 1.82) is 0 Å². The maximum absolute atomic E-state index is 13.3. The fourth-order valence-corrected chi connectivity index (χ4v) is 5.36. The van der Waals surface area contributed by atoms with Crippen molar-refractivity contribution in [3.8, 4) is 0 Å². The lowest BCUT2D eigenvalue weighted by molar-refractivity contribution is -0.143. The molecule has 0 unspecified atom stereocenters. The van der Waals surface area contributed by atoms with E-state index in [1.165, 1.54) is 6.92 Å². The number of hydrogen-bond acceptors (Lipinski definition) is 3. The Hall–Kier alpha value is -3.08. The van der Waals surface area contributed by atoms with Crippen LogP contribution in [0.25, 0.3) is 0 Å². The number of ether oxygens (including phenoxy) is 1. The first-order valence-electron chi connectivity index (χ1n) is 12.8. The van der Waals surface area contributed by atoms with E-state index in [1.54, 1.807) is 9.80 Å². The molecular formula is C28H30F6N2O3. The van der Waals surface area contributed by atoms with E-state index in [1.807, 2.05) is 30.3 Å². The number of benzene rings is 2. The van der Waals surface area contributed by atoms with Gasteiger partial charge in [-0.1, -0.05) is 30.3 Å². The SMILES string of the molecule is CC(=O)N1CCC(C(=O)N2CC[C@H](OCc3cc(C(F)(F)F)cc(C(F)(F)F)c3)[C@H](c3ccccc3)C2)CC1. The van der Waals surface area contributed by atoms with Gasteiger partial charge >= 0.3 is 12.4 Å². The number of hydrogen-bond donors (Lipinski definition) is 0. The van der Waals surface area contributed by atoms with Crippen molar-refractivity contribution in [1.82, 2.24) is 9.80 Å². The molecule has 0 saturated carbocycles. The number of piperidine rings is 2. The summed E-state index contributed by atoms with van der Waals surface area (Å²) in [6.07, 6.45) is -8.86. The molecule has 212 valence electrons. The Balaban J connectivity index is 1.49. The molecule has 2 aliphatic rings. The van der Waals surface area contributed by atoms with Crippen molar-refractivity contribution in [2.75, 3.05) is 26.2 Å². The van der Waals surface area contributed by atoms with Gasteiger partial charge in [-0.3, -0.25) is 9.59 Å². The van der Waals surface area contributed by atoms with Crippen LogP contribution in [-0.2, 0) is 33.3 Å². The number of alkyl halides is 6. The minimum Gasteiger partial charge on any atom is -0.373 e. The summed E-state index contributed by atoms with van der Waals surface area (Å²) in [7, 11) is 0. The molecule has 39 heavy (non-hydrogen) atoms. The van der Waals surface area contributed by atoms with Crippen LogP contribution in [0.15, 0.2) is 48.5 Å². The van der Waals surface area contributed by atoms with Crippen LogP contribution >= 0.6 is 0 Å². The van der Waals surface area contributed by atoms with Gasteiger partial charge in [0, 0.05) is 44.9 Å². The minimum absolute atomic E-state index is 0.00900. The first-order valence-corrected chi connectivity index (χ1v) is 12.8. The third-order valence-corrected chi connectivity index (χ3v) is 7.49. The van der Waals surface area contributed by atoms with Crippen LogP contribution in [0.5, 0.6) is 0 Å². The van der Waals surface area contributed by atoms with Gasteiger partial charge in [0.1, 0.15) is 0 Å². The first kappa shape index (κ1) is 28.9. The van der Waals surface area contributed by atoms with Gasteiger partial charge in [-0.05, 0) is 48.6 Å². The summed E-state index contributed by atoms with van der Waals surface area (Å²) >= 11 is 0. The molecule has 0 radical (unpaired) electrons. The van der Waals surface area contributed by atoms with Gasteiger partial charge in [-0.25, -0.2) is 0 Å². The van der Waals surface area contributed by atoms with Gasteiger partial charge in [0.2, 0.25) is 11.8 Å². The summed E-state index contributed by atoms with van der Waals surface area (Å²) in [5.74, 6) is -0.550. The molecule has 0 aliphatic carbocycles. The summed E-state index contributed by atoms with van der Waals surface area (Å²) in [6, 6.07) is 10.7. The standard InChI is InChI=1S/C28H30F6N2O3/c1-18(37)35-10-7-21(8-11-35)26(38)36-12-9-25(24(16-36)20-5-3-2-4-6-20)39-17-19-13-22(27(29,30)31)15-23(14-19)28(32,33)34/h2-6,13-15,21,24-25H,7-12,16-17H2,1H3/t24-,25-/m0/s1. The zero-order valence-electron chi connectivity index (χ0n) is 21.4. The summed E-state index contributed by atoms with van der Waals surface area (Å²) in [4.78, 5) is 28.4. The molecule has 0 spiro atoms. The van der Waals surface area contributed by atoms with E-state index in [2.05, 4.69) is 0 Å². The van der Waals surface area contributed by atoms with Crippen molar-refractivity contribution in [2.45, 2.75) is 57.2 Å². The topological polar surface area (TPSA) is 49.9 Å². The van der Waals surface area contributed by atoms with E-state index in [9.17, 15) is 35.9 Å². The molecular weight excluding hydrogens is 526 g/mol. The molecule has 2 saturated heterocycles. The number of rotatable bonds is 5. The maximum atomic E-state index is 13.3. The number of carbonyl (C=O) groups is 2. The van der Waals surface area contributed by atoms with E-state index in [0.717, 1.165) is 5.56 Å². The summed E-state index contributed by atoms with van der Waals surface area (Å²) in [5, 5.41) is 0. The molecule has 11 heteroatoms. The predicted octanol–water partition coefficient (Wildman–Crippen LogP) is 5.88. The van der Waals surface area contributed by atoms with Crippen LogP contribution in [0.4, 0.5) is 26.3 Å². The van der Waals surface area contributed by atoms with E-state index in [4.69, 9.17) is 4.74 Å². The third-order valence-electron chi connectivity index (χ3n) is 7.49. The normalized spacial score (nSPS) is 21.2. The highest BCUT2D eigenvalue weighted by atomic mass is 19.4. The monoisotopic (exact) mass is 556 g/mol. The summed E-state index contributed by atoms with van der Waals surface area (Å²) in [6.45, 7) is 2.78. The highest BCUT2D eigenvalue weighted by Gasteiger charge is 2.39. The van der Waals surface area contributed by atoms with Gasteiger partial charge in [0.25, 0.3) is 0 Å². The number of likely N-dealkylation sites (tertiary alicyclic amines) is 2. The van der Waals surface area contributed by atoms with Gasteiger partial charge in [-0.2, -0.15) is 26.3 Å². The smallest absolute Gasteiger partial charge is 0.373 e. The number of halogens is 6. The van der Waals surface area contributed by atoms with Gasteiger partial charge in [0.15, 0.2) is 0 Å². The Morgan fingerprint density at radius 1 is 0.846 bits per heavy atom. The maximum Gasteiger partial charge on any atom is 0.416 e. The average molecular weight is 557 g/mol. The largest absolute Gasteiger partial charge is 0.416 e. The number of amides is 2. The molecule has 0 aromatic heterocycles. The second kappa shape index (κ2) is 11.6. The average Bonchev–Trinajstić information content (AvgIpc) is 2.91. The fourth-order valence-electron chi connectivity index (χ4n) is 5.36. The molecule has 2 heterocycles. The number of nitrogens with zero attached hydrogens (tertiary/aromatic N) is 2. The lowest BCUT2D eigenvalue weighted by Crippen LogP contribution is -2.49. The Labute approximate surface area is 222 Å². The van der Waals surface area contributed by atoms with E-state index >= 15 is 0 Å². The van der Waals surface area contributed by atoms with Crippen LogP contribution in [-0.4, -0.2) is 53.9 Å². The molecule has 2 fully saturated rings. The molecule has 0 bridgehead atoms. The Morgan fingerprint density at radius 3 is 1.95 bits per heavy atom. The second-order valence-corrected chi connectivity index (χ2v) is 10.1. The molecule has 2 amide bonds. The minimum atomic E-state index is -4.94. The first-order chi connectivity index (χ1) is 18.3. The highest BCUT2D eigenvalue weighted by Crippen LogP contribution is 2.37. The van der Waals surface area contributed by atoms with Crippen molar-refractivity contribution in [2.24, 2.45) is 5.92 Å². The second-order valence-electron chi connectivity index (χ2n) is 10.1. The number of carbonyl (C=O) groups excluding carboxylic acids is 2. The van der Waals surface area contributed by atoms with E-state index in [0.29, 0.717) is 57.6 Å². The van der Waals surface area contributed by atoms with Crippen LogP contribution in [0.1, 0.15) is 54.4 Å². The van der Waals surface area contributed by atoms with Crippen LogP contribution in [0.3, 0.4) is 0 Å². The zero-order valence-corrected chi connectivity index (χ0v) is 21.4. The Morgan fingerprint density at radius 2 is 1.41 bits per heavy atom. The van der Waals surface area contributed by atoms with Crippen molar-refractivity contribution < 1.29 is 40.7 Å². The Bertz CT molecular complexity index is 1130. The van der Waals surface area contributed by atoms with Crippen molar-refractivity contribution >= 4 is 11.8 Å². The predicted molar refractivity (Wildman–Crippen MR) is 130 cm³/mol. The molecule has 0 N–H and O–H groups in total. The van der Waals surface area contributed by atoms with Crippen molar-refractivity contribution in [3.05, 3.63) is 70.8 Å². The quantitative estimate of drug-likeness (QED) is 0.432. The molecule has 2 aliphatic heterocycles. The zero-order chi connectivity index (χ0) is 28.4. The fraction of sp³-hybridized carbons (Fsp3) is 0.500. The van der Waals surface area contributed by atoms with E-state index < -0.39 is 36.2 Å². The molecule has 5 nitrogen and oxygen atoms in total. The Kier molecular flexibility index (Phi) is 8.58.